The van der Waals surface area contributed by atoms with Crippen molar-refractivity contribution in [2.45, 2.75) is 19.5 Å². The number of hydrogen-bond donors (Lipinski definition) is 3. The Labute approximate surface area is 134 Å². The van der Waals surface area contributed by atoms with Gasteiger partial charge < -0.3 is 15.7 Å². The van der Waals surface area contributed by atoms with E-state index in [1.807, 2.05) is 18.2 Å². The number of benzene rings is 1. The molecule has 2 aromatic rings. The van der Waals surface area contributed by atoms with Crippen molar-refractivity contribution in [3.8, 4) is 0 Å². The molecular formula is C16H18ClN3O2. The van der Waals surface area contributed by atoms with E-state index in [0.29, 0.717) is 17.3 Å². The quantitative estimate of drug-likeness (QED) is 0.715. The lowest BCUT2D eigenvalue weighted by molar-refractivity contribution is 0.0922. The Morgan fingerprint density at radius 1 is 1.27 bits per heavy atom. The molecule has 116 valence electrons. The van der Waals surface area contributed by atoms with Gasteiger partial charge in [0.1, 0.15) is 5.15 Å². The summed E-state index contributed by atoms with van der Waals surface area (Å²) in [5, 5.41) is 15.3. The van der Waals surface area contributed by atoms with Gasteiger partial charge in [-0.15, -0.1) is 0 Å². The second-order valence-corrected chi connectivity index (χ2v) is 5.36. The van der Waals surface area contributed by atoms with E-state index >= 15 is 0 Å². The SMILES string of the molecule is CC(CO)NC(=O)c1ccc(NCc2ccc(Cl)nc2)cc1. The van der Waals surface area contributed by atoms with Crippen molar-refractivity contribution in [2.75, 3.05) is 11.9 Å². The smallest absolute Gasteiger partial charge is 0.251 e. The standard InChI is InChI=1S/C16H18ClN3O2/c1-11(10-21)20-16(22)13-3-5-14(6-4-13)18-8-12-2-7-15(17)19-9-12/h2-7,9,11,18,21H,8,10H2,1H3,(H,20,22). The zero-order valence-electron chi connectivity index (χ0n) is 12.2. The summed E-state index contributed by atoms with van der Waals surface area (Å²) in [5.41, 5.74) is 2.48. The molecule has 0 radical (unpaired) electrons. The predicted molar refractivity (Wildman–Crippen MR) is 87.0 cm³/mol. The first-order chi connectivity index (χ1) is 10.6. The number of aromatic nitrogens is 1. The molecule has 0 fully saturated rings. The highest BCUT2D eigenvalue weighted by atomic mass is 35.5. The van der Waals surface area contributed by atoms with Crippen LogP contribution in [0.4, 0.5) is 5.69 Å². The van der Waals surface area contributed by atoms with Gasteiger partial charge in [-0.3, -0.25) is 4.79 Å². The molecule has 0 bridgehead atoms. The number of carbonyl (C=O) groups excluding carboxylic acids is 1. The van der Waals surface area contributed by atoms with Crippen LogP contribution in [0.25, 0.3) is 0 Å². The number of hydrogen-bond acceptors (Lipinski definition) is 4. The lowest BCUT2D eigenvalue weighted by Crippen LogP contribution is -2.34. The van der Waals surface area contributed by atoms with Crippen LogP contribution in [0.1, 0.15) is 22.8 Å². The lowest BCUT2D eigenvalue weighted by Gasteiger charge is -2.11. The number of aliphatic hydroxyl groups excluding tert-OH is 1. The van der Waals surface area contributed by atoms with Gasteiger partial charge in [-0.2, -0.15) is 0 Å². The van der Waals surface area contributed by atoms with Gasteiger partial charge in [0.25, 0.3) is 5.91 Å². The number of carbonyl (C=O) groups is 1. The molecule has 1 aromatic carbocycles. The van der Waals surface area contributed by atoms with Gasteiger partial charge in [0.15, 0.2) is 0 Å². The van der Waals surface area contributed by atoms with Crippen LogP contribution in [0.15, 0.2) is 42.6 Å². The molecule has 22 heavy (non-hydrogen) atoms. The maximum Gasteiger partial charge on any atom is 0.251 e. The minimum absolute atomic E-state index is 0.0828. The fraction of sp³-hybridized carbons (Fsp3) is 0.250. The molecule has 0 saturated heterocycles. The van der Waals surface area contributed by atoms with E-state index in [0.717, 1.165) is 11.3 Å². The molecule has 3 N–H and O–H groups in total. The molecule has 1 unspecified atom stereocenters. The maximum absolute atomic E-state index is 11.9. The van der Waals surface area contributed by atoms with Crippen LogP contribution >= 0.6 is 11.6 Å². The molecule has 1 heterocycles. The van der Waals surface area contributed by atoms with Crippen molar-refractivity contribution in [1.82, 2.24) is 10.3 Å². The first kappa shape index (κ1) is 16.3. The summed E-state index contributed by atoms with van der Waals surface area (Å²) in [6.45, 7) is 2.28. The largest absolute Gasteiger partial charge is 0.394 e. The fourth-order valence-electron chi connectivity index (χ4n) is 1.81. The molecule has 1 atom stereocenters. The Hall–Kier alpha value is -2.11. The van der Waals surface area contributed by atoms with Gasteiger partial charge in [0.05, 0.1) is 6.61 Å². The molecule has 6 heteroatoms. The van der Waals surface area contributed by atoms with Crippen molar-refractivity contribution in [3.63, 3.8) is 0 Å². The molecule has 0 saturated carbocycles. The zero-order valence-corrected chi connectivity index (χ0v) is 13.0. The van der Waals surface area contributed by atoms with Crippen LogP contribution in [0.3, 0.4) is 0 Å². The van der Waals surface area contributed by atoms with Gasteiger partial charge >= 0.3 is 0 Å². The number of pyridine rings is 1. The van der Waals surface area contributed by atoms with Crippen LogP contribution < -0.4 is 10.6 Å². The predicted octanol–water partition coefficient (Wildman–Crippen LogP) is 2.46. The number of nitrogens with zero attached hydrogens (tertiary/aromatic N) is 1. The summed E-state index contributed by atoms with van der Waals surface area (Å²) >= 11 is 5.74. The van der Waals surface area contributed by atoms with Gasteiger partial charge in [-0.05, 0) is 42.8 Å². The number of aliphatic hydroxyl groups is 1. The second-order valence-electron chi connectivity index (χ2n) is 4.98. The van der Waals surface area contributed by atoms with E-state index in [2.05, 4.69) is 15.6 Å². The molecule has 1 amide bonds. The summed E-state index contributed by atoms with van der Waals surface area (Å²) in [4.78, 5) is 15.9. The highest BCUT2D eigenvalue weighted by molar-refractivity contribution is 6.29. The maximum atomic E-state index is 11.9. The van der Waals surface area contributed by atoms with E-state index in [9.17, 15) is 4.79 Å². The Bertz CT molecular complexity index is 614. The van der Waals surface area contributed by atoms with E-state index < -0.39 is 0 Å². The van der Waals surface area contributed by atoms with Crippen LogP contribution in [-0.2, 0) is 6.54 Å². The molecule has 0 aliphatic rings. The van der Waals surface area contributed by atoms with Crippen molar-refractivity contribution >= 4 is 23.2 Å². The second kappa shape index (κ2) is 7.77. The third-order valence-corrected chi connectivity index (χ3v) is 3.31. The summed E-state index contributed by atoms with van der Waals surface area (Å²) in [6, 6.07) is 10.5. The number of halogens is 1. The molecule has 1 aromatic heterocycles. The Balaban J connectivity index is 1.91. The number of amides is 1. The van der Waals surface area contributed by atoms with Gasteiger partial charge in [0, 0.05) is 30.0 Å². The highest BCUT2D eigenvalue weighted by Crippen LogP contribution is 2.12. The number of anilines is 1. The molecule has 0 aliphatic carbocycles. The summed E-state index contributed by atoms with van der Waals surface area (Å²) in [5.74, 6) is -0.199. The molecule has 2 rings (SSSR count). The van der Waals surface area contributed by atoms with Gasteiger partial charge in [0.2, 0.25) is 0 Å². The Kier molecular flexibility index (Phi) is 5.75. The van der Waals surface area contributed by atoms with Crippen LogP contribution in [-0.4, -0.2) is 28.6 Å². The first-order valence-corrected chi connectivity index (χ1v) is 7.32. The minimum Gasteiger partial charge on any atom is -0.394 e. The van der Waals surface area contributed by atoms with E-state index in [1.165, 1.54) is 0 Å². The molecular weight excluding hydrogens is 302 g/mol. The normalized spacial score (nSPS) is 11.8. The van der Waals surface area contributed by atoms with Crippen LogP contribution in [0.5, 0.6) is 0 Å². The van der Waals surface area contributed by atoms with Gasteiger partial charge in [-0.1, -0.05) is 17.7 Å². The highest BCUT2D eigenvalue weighted by Gasteiger charge is 2.08. The third kappa shape index (κ3) is 4.72. The average molecular weight is 320 g/mol. The molecule has 0 spiro atoms. The average Bonchev–Trinajstić information content (AvgIpc) is 2.54. The monoisotopic (exact) mass is 319 g/mol. The lowest BCUT2D eigenvalue weighted by atomic mass is 10.1. The van der Waals surface area contributed by atoms with Crippen LogP contribution in [0.2, 0.25) is 5.15 Å². The topological polar surface area (TPSA) is 74.2 Å². The number of nitrogens with one attached hydrogen (secondary N) is 2. The van der Waals surface area contributed by atoms with E-state index in [4.69, 9.17) is 16.7 Å². The Morgan fingerprint density at radius 3 is 2.59 bits per heavy atom. The van der Waals surface area contributed by atoms with E-state index in [-0.39, 0.29) is 18.6 Å². The fourth-order valence-corrected chi connectivity index (χ4v) is 1.92. The van der Waals surface area contributed by atoms with Crippen molar-refractivity contribution in [1.29, 1.82) is 0 Å². The Morgan fingerprint density at radius 2 is 2.00 bits per heavy atom. The molecule has 5 nitrogen and oxygen atoms in total. The molecule has 0 aliphatic heterocycles. The van der Waals surface area contributed by atoms with E-state index in [1.54, 1.807) is 31.3 Å². The minimum atomic E-state index is -0.261. The summed E-state index contributed by atoms with van der Waals surface area (Å²) in [7, 11) is 0. The number of rotatable bonds is 6. The van der Waals surface area contributed by atoms with Gasteiger partial charge in [-0.25, -0.2) is 4.98 Å². The third-order valence-electron chi connectivity index (χ3n) is 3.08. The van der Waals surface area contributed by atoms with Crippen molar-refractivity contribution in [2.24, 2.45) is 0 Å². The summed E-state index contributed by atoms with van der Waals surface area (Å²) in [6.07, 6.45) is 1.72. The van der Waals surface area contributed by atoms with Crippen LogP contribution in [0, 0.1) is 0 Å². The first-order valence-electron chi connectivity index (χ1n) is 6.94. The van der Waals surface area contributed by atoms with Crippen molar-refractivity contribution < 1.29 is 9.90 Å². The zero-order chi connectivity index (χ0) is 15.9. The van der Waals surface area contributed by atoms with Crippen molar-refractivity contribution in [3.05, 3.63) is 58.9 Å². The summed E-state index contributed by atoms with van der Waals surface area (Å²) < 4.78 is 0.